The maximum Gasteiger partial charge on any atom is 0.330 e. The van der Waals surface area contributed by atoms with E-state index in [1.54, 1.807) is 0 Å². The first-order chi connectivity index (χ1) is 22.1. The van der Waals surface area contributed by atoms with Gasteiger partial charge in [-0.2, -0.15) is 4.57 Å². The Bertz CT molecular complexity index is 1730. The molecule has 0 spiro atoms. The molecule has 0 aliphatic carbocycles. The van der Waals surface area contributed by atoms with Crippen molar-refractivity contribution in [1.29, 1.82) is 0 Å². The lowest BCUT2D eigenvalue weighted by Crippen LogP contribution is -2.34. The van der Waals surface area contributed by atoms with Crippen LogP contribution in [0.3, 0.4) is 0 Å². The quantitative estimate of drug-likeness (QED) is 0.0613. The first-order valence-corrected chi connectivity index (χ1v) is 17.2. The molecule has 6 nitrogen and oxygen atoms in total. The van der Waals surface area contributed by atoms with Crippen LogP contribution in [0.25, 0.3) is 23.1 Å². The standard InChI is InChI=1S/C38H41NO5P.CH3/c1-3-43-45(40,44-4-2)27-13-25-39-26-24-34(35-18-11-12-19-36(35)39)22-20-31-21-23-37(41-29-32-14-7-5-8-15-32)38(28-31)42-30-33-16-9-6-10-17-33;/h5-12,14-24,26,28H,3-4,13,25,27,29-30H2,1-2H3;1H3/q+1;-1. The third-order valence-electron chi connectivity index (χ3n) is 7.34. The molecular weight excluding hydrogens is 593 g/mol. The molecule has 0 bridgehead atoms. The third-order valence-corrected chi connectivity index (χ3v) is 9.51. The van der Waals surface area contributed by atoms with Crippen molar-refractivity contribution in [1.82, 2.24) is 0 Å². The summed E-state index contributed by atoms with van der Waals surface area (Å²) in [5, 5.41) is 1.14. The molecule has 0 radical (unpaired) electrons. The summed E-state index contributed by atoms with van der Waals surface area (Å²) in [6.07, 6.45) is 7.39. The Morgan fingerprint density at radius 2 is 1.30 bits per heavy atom. The average molecular weight is 638 g/mol. The van der Waals surface area contributed by atoms with Crippen molar-refractivity contribution >= 4 is 30.7 Å². The van der Waals surface area contributed by atoms with Crippen molar-refractivity contribution < 1.29 is 27.7 Å². The van der Waals surface area contributed by atoms with E-state index >= 15 is 0 Å². The fraction of sp³-hybridized carbons (Fsp3) is 0.231. The number of hydrogen-bond acceptors (Lipinski definition) is 5. The Kier molecular flexibility index (Phi) is 13.2. The minimum Gasteiger partial charge on any atom is -0.485 e. The number of pyridine rings is 1. The zero-order valence-corrected chi connectivity index (χ0v) is 27.9. The van der Waals surface area contributed by atoms with Crippen LogP contribution in [0.2, 0.25) is 0 Å². The maximum atomic E-state index is 12.9. The summed E-state index contributed by atoms with van der Waals surface area (Å²) in [6.45, 7) is 6.05. The number of benzene rings is 4. The molecule has 0 fully saturated rings. The first-order valence-electron chi connectivity index (χ1n) is 15.5. The SMILES string of the molecule is CCOP(=O)(CCC[n+]1ccc(C=Cc2ccc(OCc3ccccc3)c(OCc3ccccc3)c2)c2ccccc21)OCC.[CH3-]. The Morgan fingerprint density at radius 1 is 0.696 bits per heavy atom. The molecule has 240 valence electrons. The minimum absolute atomic E-state index is 0. The highest BCUT2D eigenvalue weighted by molar-refractivity contribution is 7.53. The van der Waals surface area contributed by atoms with E-state index in [0.29, 0.717) is 57.1 Å². The van der Waals surface area contributed by atoms with Gasteiger partial charge < -0.3 is 25.9 Å². The molecule has 46 heavy (non-hydrogen) atoms. The van der Waals surface area contributed by atoms with E-state index in [2.05, 4.69) is 71.4 Å². The summed E-state index contributed by atoms with van der Waals surface area (Å²) >= 11 is 0. The minimum atomic E-state index is -3.07. The van der Waals surface area contributed by atoms with Crippen molar-refractivity contribution in [3.63, 3.8) is 0 Å². The van der Waals surface area contributed by atoms with Crippen LogP contribution < -0.4 is 14.0 Å². The molecule has 7 heteroatoms. The highest BCUT2D eigenvalue weighted by atomic mass is 31.2. The predicted molar refractivity (Wildman–Crippen MR) is 188 cm³/mol. The van der Waals surface area contributed by atoms with E-state index in [1.165, 1.54) is 0 Å². The van der Waals surface area contributed by atoms with Crippen molar-refractivity contribution in [2.45, 2.75) is 40.0 Å². The normalized spacial score (nSPS) is 11.4. The summed E-state index contributed by atoms with van der Waals surface area (Å²) < 4.78 is 38.5. The van der Waals surface area contributed by atoms with Crippen LogP contribution in [0.4, 0.5) is 0 Å². The molecule has 0 atom stereocenters. The molecule has 0 amide bonds. The van der Waals surface area contributed by atoms with Gasteiger partial charge in [-0.1, -0.05) is 91.0 Å². The van der Waals surface area contributed by atoms with Gasteiger partial charge in [0, 0.05) is 18.6 Å². The topological polar surface area (TPSA) is 57.9 Å². The zero-order chi connectivity index (χ0) is 31.3. The van der Waals surface area contributed by atoms with Crippen molar-refractivity contribution in [3.8, 4) is 11.5 Å². The molecule has 0 aliphatic rings. The molecule has 5 aromatic rings. The van der Waals surface area contributed by atoms with Crippen molar-refractivity contribution in [3.05, 3.63) is 145 Å². The van der Waals surface area contributed by atoms with Gasteiger partial charge in [0.1, 0.15) is 19.8 Å². The molecule has 0 saturated carbocycles. The van der Waals surface area contributed by atoms with Gasteiger partial charge in [-0.15, -0.1) is 0 Å². The van der Waals surface area contributed by atoms with Gasteiger partial charge in [-0.3, -0.25) is 4.57 Å². The number of hydrogen-bond donors (Lipinski definition) is 0. The second kappa shape index (κ2) is 17.5. The monoisotopic (exact) mass is 637 g/mol. The van der Waals surface area contributed by atoms with E-state index in [0.717, 1.165) is 33.2 Å². The lowest BCUT2D eigenvalue weighted by atomic mass is 10.1. The summed E-state index contributed by atoms with van der Waals surface area (Å²) in [7, 11) is -3.07. The third kappa shape index (κ3) is 9.64. The highest BCUT2D eigenvalue weighted by Gasteiger charge is 2.24. The Labute approximate surface area is 273 Å². The molecule has 0 N–H and O–H groups in total. The summed E-state index contributed by atoms with van der Waals surface area (Å²) in [5.41, 5.74) is 5.41. The second-order valence-corrected chi connectivity index (χ2v) is 12.8. The Morgan fingerprint density at radius 3 is 1.96 bits per heavy atom. The number of aryl methyl sites for hydroxylation is 1. The van der Waals surface area contributed by atoms with E-state index < -0.39 is 7.60 Å². The fourth-order valence-corrected chi connectivity index (χ4v) is 6.81. The lowest BCUT2D eigenvalue weighted by Gasteiger charge is -2.16. The lowest BCUT2D eigenvalue weighted by molar-refractivity contribution is -0.671. The molecule has 4 aromatic carbocycles. The smallest absolute Gasteiger partial charge is 0.330 e. The van der Waals surface area contributed by atoms with Crippen LogP contribution >= 0.6 is 7.60 Å². The van der Waals surface area contributed by atoms with Gasteiger partial charge in [0.25, 0.3) is 0 Å². The number of rotatable bonds is 16. The molecular formula is C39H44NO5P. The van der Waals surface area contributed by atoms with E-state index in [4.69, 9.17) is 18.5 Å². The molecule has 1 aromatic heterocycles. The van der Waals surface area contributed by atoms with Crippen LogP contribution in [-0.4, -0.2) is 19.4 Å². The number of nitrogens with zero attached hydrogens (tertiary/aromatic N) is 1. The summed E-state index contributed by atoms with van der Waals surface area (Å²) in [6, 6.07) is 36.8. The summed E-state index contributed by atoms with van der Waals surface area (Å²) in [4.78, 5) is 0. The van der Waals surface area contributed by atoms with Gasteiger partial charge in [-0.25, -0.2) is 0 Å². The van der Waals surface area contributed by atoms with E-state index in [1.807, 2.05) is 74.5 Å². The largest absolute Gasteiger partial charge is 0.485 e. The summed E-state index contributed by atoms with van der Waals surface area (Å²) in [5.74, 6) is 1.40. The number of ether oxygens (including phenoxy) is 2. The van der Waals surface area contributed by atoms with Gasteiger partial charge in [0.15, 0.2) is 17.7 Å². The predicted octanol–water partition coefficient (Wildman–Crippen LogP) is 9.56. The van der Waals surface area contributed by atoms with Crippen LogP contribution in [0.5, 0.6) is 11.5 Å². The van der Waals surface area contributed by atoms with Crippen LogP contribution in [-0.2, 0) is 33.4 Å². The maximum absolute atomic E-state index is 12.9. The molecule has 5 rings (SSSR count). The van der Waals surface area contributed by atoms with Gasteiger partial charge in [-0.05, 0) is 54.3 Å². The number of para-hydroxylation sites is 1. The van der Waals surface area contributed by atoms with Crippen LogP contribution in [0.15, 0.2) is 115 Å². The van der Waals surface area contributed by atoms with Gasteiger partial charge >= 0.3 is 7.60 Å². The Hall–Kier alpha value is -4.22. The fourth-order valence-electron chi connectivity index (χ4n) is 5.16. The van der Waals surface area contributed by atoms with Crippen molar-refractivity contribution in [2.24, 2.45) is 0 Å². The first kappa shape index (κ1) is 34.6. The second-order valence-electron chi connectivity index (χ2n) is 10.6. The number of aromatic nitrogens is 1. The highest BCUT2D eigenvalue weighted by Crippen LogP contribution is 2.48. The zero-order valence-electron chi connectivity index (χ0n) is 27.0. The molecule has 0 saturated heterocycles. The van der Waals surface area contributed by atoms with E-state index in [9.17, 15) is 4.57 Å². The van der Waals surface area contributed by atoms with Crippen LogP contribution in [0.1, 0.15) is 42.5 Å². The van der Waals surface area contributed by atoms with Gasteiger partial charge in [0.2, 0.25) is 5.52 Å². The molecule has 0 unspecified atom stereocenters. The van der Waals surface area contributed by atoms with Crippen molar-refractivity contribution in [2.75, 3.05) is 19.4 Å². The number of fused-ring (bicyclic) bond motifs is 1. The Balaban J connectivity index is 0.00000480. The van der Waals surface area contributed by atoms with E-state index in [-0.39, 0.29) is 7.43 Å². The average Bonchev–Trinajstić information content (AvgIpc) is 3.07. The molecule has 0 aliphatic heterocycles. The van der Waals surface area contributed by atoms with Gasteiger partial charge in [0.05, 0.1) is 24.8 Å². The molecule has 1 heterocycles. The van der Waals surface area contributed by atoms with Crippen LogP contribution in [0, 0.1) is 7.43 Å².